The molecule has 3 N–H and O–H groups in total. The molecular formula is C5H7N2O2W-. The molecule has 0 saturated heterocycles. The molecule has 0 unspecified atom stereocenters. The van der Waals surface area contributed by atoms with Crippen molar-refractivity contribution in [3.63, 3.8) is 0 Å². The topological polar surface area (TPSA) is 68.9 Å². The standard InChI is InChI=1S/C5H7N2O2.W/c1-3-4(2-8)6-7-5(3)9;/h2,8H,1H3,(H2,6,7,9);/q-1;. The molecule has 1 aromatic rings. The molecular weight excluding hydrogens is 304 g/mol. The van der Waals surface area contributed by atoms with Gasteiger partial charge in [0.25, 0.3) is 0 Å². The molecule has 0 aliphatic carbocycles. The maximum Gasteiger partial charge on any atom is 0.185 e. The summed E-state index contributed by atoms with van der Waals surface area (Å²) in [4.78, 5) is 10.6. The number of hydrogen-bond acceptors (Lipinski definition) is 2. The number of rotatable bonds is 1. The summed E-state index contributed by atoms with van der Waals surface area (Å²) in [5, 5.41) is 13.2. The quantitative estimate of drug-likeness (QED) is 0.634. The first kappa shape index (κ1) is 9.53. The summed E-state index contributed by atoms with van der Waals surface area (Å²) in [6.45, 7) is 2.48. The Morgan fingerprint density at radius 1 is 1.50 bits per heavy atom. The first-order valence-electron chi connectivity index (χ1n) is 2.50. The van der Waals surface area contributed by atoms with Crippen LogP contribution in [0.3, 0.4) is 0 Å². The van der Waals surface area contributed by atoms with E-state index in [0.29, 0.717) is 11.3 Å². The van der Waals surface area contributed by atoms with Crippen molar-refractivity contribution in [1.82, 2.24) is 10.2 Å². The molecule has 4 nitrogen and oxygen atoms in total. The molecule has 1 rings (SSSR count). The van der Waals surface area contributed by atoms with Crippen molar-refractivity contribution in [3.05, 3.63) is 28.2 Å². The molecule has 0 fully saturated rings. The SMILES string of the molecule is Cc1c([CH-]O)[nH][nH]c1=O.[W]. The number of aliphatic hydroxyl groups is 1. The Morgan fingerprint density at radius 3 is 2.30 bits per heavy atom. The summed E-state index contributed by atoms with van der Waals surface area (Å²) in [6, 6.07) is 0. The van der Waals surface area contributed by atoms with Crippen molar-refractivity contribution in [2.45, 2.75) is 6.92 Å². The van der Waals surface area contributed by atoms with Gasteiger partial charge < -0.3 is 10.2 Å². The van der Waals surface area contributed by atoms with Crippen LogP contribution in [0.1, 0.15) is 11.3 Å². The fraction of sp³-hybridized carbons (Fsp3) is 0.200. The summed E-state index contributed by atoms with van der Waals surface area (Å²) in [7, 11) is 0. The van der Waals surface area contributed by atoms with Gasteiger partial charge in [-0.3, -0.25) is 9.89 Å². The van der Waals surface area contributed by atoms with E-state index in [0.717, 1.165) is 6.61 Å². The van der Waals surface area contributed by atoms with Crippen molar-refractivity contribution in [1.29, 1.82) is 0 Å². The number of nitrogens with one attached hydrogen (secondary N) is 2. The van der Waals surface area contributed by atoms with Gasteiger partial charge in [0.05, 0.1) is 0 Å². The fourth-order valence-electron chi connectivity index (χ4n) is 0.563. The van der Waals surface area contributed by atoms with E-state index >= 15 is 0 Å². The van der Waals surface area contributed by atoms with Crippen molar-refractivity contribution < 1.29 is 26.2 Å². The van der Waals surface area contributed by atoms with E-state index < -0.39 is 0 Å². The van der Waals surface area contributed by atoms with Gasteiger partial charge in [-0.05, 0) is 0 Å². The smallest absolute Gasteiger partial charge is 0.185 e. The molecule has 0 aliphatic heterocycles. The molecule has 10 heavy (non-hydrogen) atoms. The van der Waals surface area contributed by atoms with Gasteiger partial charge >= 0.3 is 0 Å². The van der Waals surface area contributed by atoms with Crippen LogP contribution < -0.4 is 5.56 Å². The zero-order chi connectivity index (χ0) is 6.85. The summed E-state index contributed by atoms with van der Waals surface area (Å²) in [5.41, 5.74) is 0.729. The number of hydrogen-bond donors (Lipinski definition) is 3. The first-order chi connectivity index (χ1) is 4.25. The molecule has 0 aromatic carbocycles. The molecule has 5 heteroatoms. The molecule has 0 saturated carbocycles. The second-order valence-electron chi connectivity index (χ2n) is 1.75. The Balaban J connectivity index is 0.000000810. The van der Waals surface area contributed by atoms with Gasteiger partial charge in [-0.2, -0.15) is 0 Å². The predicted molar refractivity (Wildman–Crippen MR) is 31.5 cm³/mol. The minimum atomic E-state index is -0.199. The Hall–Kier alpha value is -0.472. The third-order valence-corrected chi connectivity index (χ3v) is 1.18. The van der Waals surface area contributed by atoms with Crippen LogP contribution in [0, 0.1) is 13.5 Å². The molecule has 0 amide bonds. The molecule has 0 bridgehead atoms. The average molecular weight is 311 g/mol. The van der Waals surface area contributed by atoms with Gasteiger partial charge in [-0.1, -0.05) is 12.3 Å². The van der Waals surface area contributed by atoms with Gasteiger partial charge in [-0.25, -0.2) is 0 Å². The third kappa shape index (κ3) is 1.52. The van der Waals surface area contributed by atoms with E-state index in [1.807, 2.05) is 0 Å². The van der Waals surface area contributed by atoms with Crippen LogP contribution >= 0.6 is 0 Å². The van der Waals surface area contributed by atoms with Crippen LogP contribution in [0.4, 0.5) is 0 Å². The van der Waals surface area contributed by atoms with Gasteiger partial charge in [0.15, 0.2) is 5.56 Å². The normalized spacial score (nSPS) is 8.60. The average Bonchev–Trinajstić information content (AvgIpc) is 2.15. The van der Waals surface area contributed by atoms with E-state index in [2.05, 4.69) is 10.2 Å². The Morgan fingerprint density at radius 2 is 2.10 bits per heavy atom. The second-order valence-corrected chi connectivity index (χ2v) is 1.75. The van der Waals surface area contributed by atoms with Crippen LogP contribution in [-0.2, 0) is 21.1 Å². The predicted octanol–water partition coefficient (Wildman–Crippen LogP) is -0.109. The maximum atomic E-state index is 10.6. The number of H-pyrrole nitrogens is 2. The van der Waals surface area contributed by atoms with Crippen molar-refractivity contribution in [2.75, 3.05) is 0 Å². The van der Waals surface area contributed by atoms with Crippen molar-refractivity contribution in [2.24, 2.45) is 0 Å². The minimum absolute atomic E-state index is 0. The summed E-state index contributed by atoms with van der Waals surface area (Å²) >= 11 is 0. The minimum Gasteiger partial charge on any atom is -0.456 e. The van der Waals surface area contributed by atoms with Gasteiger partial charge in [0.2, 0.25) is 0 Å². The number of aromatic nitrogens is 2. The Kier molecular flexibility index (Phi) is 3.47. The zero-order valence-corrected chi connectivity index (χ0v) is 8.27. The van der Waals surface area contributed by atoms with E-state index in [1.54, 1.807) is 6.92 Å². The monoisotopic (exact) mass is 311 g/mol. The molecule has 0 atom stereocenters. The van der Waals surface area contributed by atoms with Crippen LogP contribution in [-0.4, -0.2) is 15.3 Å². The van der Waals surface area contributed by atoms with E-state index in [-0.39, 0.29) is 26.6 Å². The van der Waals surface area contributed by atoms with Crippen LogP contribution in [0.2, 0.25) is 0 Å². The second kappa shape index (κ2) is 3.64. The molecule has 1 aromatic heterocycles. The first-order valence-corrected chi connectivity index (χ1v) is 2.50. The van der Waals surface area contributed by atoms with Crippen LogP contribution in [0.25, 0.3) is 0 Å². The summed E-state index contributed by atoms with van der Waals surface area (Å²) in [5.74, 6) is 0. The molecule has 0 aliphatic rings. The van der Waals surface area contributed by atoms with Crippen LogP contribution in [0.5, 0.6) is 0 Å². The molecule has 56 valence electrons. The summed E-state index contributed by atoms with van der Waals surface area (Å²) in [6.07, 6.45) is 0. The van der Waals surface area contributed by atoms with Crippen molar-refractivity contribution >= 4 is 0 Å². The zero-order valence-electron chi connectivity index (χ0n) is 5.34. The maximum absolute atomic E-state index is 10.6. The Bertz CT molecular complexity index is 252. The van der Waals surface area contributed by atoms with E-state index in [9.17, 15) is 4.79 Å². The number of aliphatic hydroxyl groups excluding tert-OH is 1. The van der Waals surface area contributed by atoms with Crippen molar-refractivity contribution in [3.8, 4) is 0 Å². The molecule has 0 radical (unpaired) electrons. The van der Waals surface area contributed by atoms with E-state index in [4.69, 9.17) is 5.11 Å². The third-order valence-electron chi connectivity index (χ3n) is 1.18. The Labute approximate surface area is 71.9 Å². The van der Waals surface area contributed by atoms with Crippen LogP contribution in [0.15, 0.2) is 4.79 Å². The number of aromatic amines is 2. The van der Waals surface area contributed by atoms with Gasteiger partial charge in [-0.15, -0.1) is 12.5 Å². The summed E-state index contributed by atoms with van der Waals surface area (Å²) < 4.78 is 0. The van der Waals surface area contributed by atoms with Gasteiger partial charge in [0, 0.05) is 21.1 Å². The van der Waals surface area contributed by atoms with E-state index in [1.165, 1.54) is 0 Å². The molecule has 1 heterocycles. The largest absolute Gasteiger partial charge is 0.456 e. The fourth-order valence-corrected chi connectivity index (χ4v) is 0.563. The molecule has 0 spiro atoms. The van der Waals surface area contributed by atoms with Gasteiger partial charge in [0.1, 0.15) is 0 Å².